The third kappa shape index (κ3) is 7.90. The molecule has 0 saturated heterocycles. The Morgan fingerprint density at radius 2 is 0.634 bits per heavy atom. The highest BCUT2D eigenvalue weighted by Gasteiger charge is 2.27. The fraction of sp³-hybridized carbons (Fsp3) is 0.184. The first-order valence-corrected chi connectivity index (χ1v) is 28.9. The fourth-order valence-electron chi connectivity index (χ4n) is 12.8. The number of para-hydroxylation sites is 4. The molecule has 82 heavy (non-hydrogen) atoms. The topological polar surface area (TPSA) is 59.0 Å². The van der Waals surface area contributed by atoms with Crippen LogP contribution >= 0.6 is 0 Å². The molecule has 0 atom stereocenters. The van der Waals surface area contributed by atoms with Gasteiger partial charge in [-0.05, 0) is 152 Å². The van der Waals surface area contributed by atoms with Gasteiger partial charge in [-0.3, -0.25) is 0 Å². The quantitative estimate of drug-likeness (QED) is 0.151. The van der Waals surface area contributed by atoms with Crippen LogP contribution in [-0.4, -0.2) is 0 Å². The predicted octanol–water partition coefficient (Wildman–Crippen LogP) is 23.4. The summed E-state index contributed by atoms with van der Waals surface area (Å²) in [4.78, 5) is 4.67. The van der Waals surface area contributed by atoms with Crippen LogP contribution in [0.2, 0.25) is 0 Å². The van der Waals surface area contributed by atoms with Crippen molar-refractivity contribution in [3.8, 4) is 0 Å². The van der Waals surface area contributed by atoms with Gasteiger partial charge in [-0.1, -0.05) is 166 Å². The Hall–Kier alpha value is -9.26. The molecule has 15 rings (SSSR count). The van der Waals surface area contributed by atoms with E-state index >= 15 is 0 Å². The van der Waals surface area contributed by atoms with Crippen molar-refractivity contribution in [1.29, 1.82) is 0 Å². The lowest BCUT2D eigenvalue weighted by Gasteiger charge is -2.26. The summed E-state index contributed by atoms with van der Waals surface area (Å²) in [7, 11) is 0. The molecule has 0 radical (unpaired) electrons. The summed E-state index contributed by atoms with van der Waals surface area (Å²) in [6.45, 7) is 22.4. The molecule has 0 spiro atoms. The second-order valence-electron chi connectivity index (χ2n) is 25.3. The summed E-state index contributed by atoms with van der Waals surface area (Å²) in [6, 6.07) is 70.7. The van der Waals surface area contributed by atoms with Gasteiger partial charge < -0.3 is 27.5 Å². The van der Waals surface area contributed by atoms with E-state index < -0.39 is 0 Å². The van der Waals surface area contributed by atoms with E-state index in [9.17, 15) is 0 Å². The van der Waals surface area contributed by atoms with Crippen molar-refractivity contribution >= 4 is 143 Å². The lowest BCUT2D eigenvalue weighted by Crippen LogP contribution is -2.11. The minimum absolute atomic E-state index is 0.0869. The van der Waals surface area contributed by atoms with Crippen LogP contribution in [-0.2, 0) is 10.8 Å². The molecule has 0 N–H and O–H groups in total. The largest absolute Gasteiger partial charge is 0.456 e. The average Bonchev–Trinajstić information content (AvgIpc) is 2.48. The second-order valence-corrected chi connectivity index (χ2v) is 25.3. The molecule has 0 fully saturated rings. The molecular weight excluding hydrogens is 1000 g/mol. The van der Waals surface area contributed by atoms with Crippen LogP contribution in [0.3, 0.4) is 0 Å². The minimum atomic E-state index is -0.0869. The molecule has 6 heteroatoms. The Bertz CT molecular complexity index is 4750. The molecule has 6 nitrogen and oxygen atoms in total. The van der Waals surface area contributed by atoms with Crippen LogP contribution < -0.4 is 9.80 Å². The number of anilines is 6. The molecule has 0 aliphatic rings. The zero-order valence-corrected chi connectivity index (χ0v) is 48.2. The van der Waals surface area contributed by atoms with Crippen molar-refractivity contribution in [3.05, 3.63) is 216 Å². The minimum Gasteiger partial charge on any atom is -0.456 e. The van der Waals surface area contributed by atoms with Gasteiger partial charge in [0.2, 0.25) is 0 Å². The van der Waals surface area contributed by atoms with E-state index in [4.69, 9.17) is 17.7 Å². The first kappa shape index (κ1) is 49.8. The highest BCUT2D eigenvalue weighted by Crippen LogP contribution is 2.48. The average molecular weight is 1070 g/mol. The molecule has 11 aromatic carbocycles. The SMILES string of the molecule is CC(C)c1ccc(N(c2ccc3cc4c(cc3c2)oc2cc3c(cc24)oc2cc4cc(N(c5ccc(C(C)C)cc5)c5cccc6c5oc5c(C(C)(C)C)cccc56)ccc4cc23)c2cccc3c2oc2c(C(C)(C)C)cccc23)cc1. The zero-order valence-electron chi connectivity index (χ0n) is 48.2. The van der Waals surface area contributed by atoms with Crippen molar-refractivity contribution in [3.63, 3.8) is 0 Å². The number of hydrogen-bond acceptors (Lipinski definition) is 6. The van der Waals surface area contributed by atoms with E-state index in [-0.39, 0.29) is 10.8 Å². The Morgan fingerprint density at radius 3 is 1.01 bits per heavy atom. The van der Waals surface area contributed by atoms with Gasteiger partial charge in [-0.2, -0.15) is 0 Å². The summed E-state index contributed by atoms with van der Waals surface area (Å²) < 4.78 is 27.7. The Labute approximate surface area is 476 Å². The van der Waals surface area contributed by atoms with Crippen molar-refractivity contribution in [2.45, 2.75) is 91.9 Å². The highest BCUT2D eigenvalue weighted by atomic mass is 16.3. The standard InChI is InChI=1S/C76H64N2O4/c1-43(2)45-23-29-51(30-24-45)77(65-21-13-17-57-55-15-11-19-63(75(5,6)7)71(55)81-73(57)65)53-33-27-47-37-59-61-41-70-62(42-69(61)79-67(59)39-49(47)35-53)60-38-48-28-34-54(36-50(48)40-68(60)80-70)78(52-31-25-46(26-32-52)44(3)4)66-22-14-18-58-56-16-12-20-64(76(8,9)10)72(56)82-74(58)66/h11-44H,1-10H3. The van der Waals surface area contributed by atoms with Crippen LogP contribution in [0.15, 0.2) is 212 Å². The number of nitrogens with zero attached hydrogens (tertiary/aromatic N) is 2. The van der Waals surface area contributed by atoms with Crippen molar-refractivity contribution < 1.29 is 17.7 Å². The molecule has 0 aliphatic heterocycles. The van der Waals surface area contributed by atoms with E-state index in [1.807, 2.05) is 0 Å². The van der Waals surface area contributed by atoms with Gasteiger partial charge >= 0.3 is 0 Å². The first-order chi connectivity index (χ1) is 39.5. The summed E-state index contributed by atoms with van der Waals surface area (Å²) >= 11 is 0. The molecule has 0 saturated carbocycles. The first-order valence-electron chi connectivity index (χ1n) is 28.9. The van der Waals surface area contributed by atoms with Gasteiger partial charge in [0, 0.05) is 77.0 Å². The van der Waals surface area contributed by atoms with E-state index in [1.165, 1.54) is 22.3 Å². The molecule has 0 amide bonds. The normalized spacial score (nSPS) is 12.7. The molecule has 4 aromatic heterocycles. The van der Waals surface area contributed by atoms with Gasteiger partial charge in [0.15, 0.2) is 11.2 Å². The van der Waals surface area contributed by atoms with Gasteiger partial charge in [0.05, 0.1) is 11.4 Å². The molecule has 0 aliphatic carbocycles. The van der Waals surface area contributed by atoms with Gasteiger partial charge in [0.1, 0.15) is 33.5 Å². The number of furan rings is 4. The lowest BCUT2D eigenvalue weighted by atomic mass is 9.86. The molecule has 4 heterocycles. The van der Waals surface area contributed by atoms with Crippen LogP contribution in [0.1, 0.15) is 103 Å². The number of fused-ring (bicyclic) bond motifs is 14. The number of benzene rings is 11. The Morgan fingerprint density at radius 1 is 0.293 bits per heavy atom. The maximum atomic E-state index is 6.99. The zero-order chi connectivity index (χ0) is 56.1. The Balaban J connectivity index is 0.830. The van der Waals surface area contributed by atoms with Crippen molar-refractivity contribution in [1.82, 2.24) is 0 Å². The van der Waals surface area contributed by atoms with Crippen LogP contribution in [0, 0.1) is 0 Å². The molecule has 0 bridgehead atoms. The maximum Gasteiger partial charge on any atom is 0.159 e. The fourth-order valence-corrected chi connectivity index (χ4v) is 12.8. The highest BCUT2D eigenvalue weighted by molar-refractivity contribution is 6.19. The second kappa shape index (κ2) is 18.1. The van der Waals surface area contributed by atoms with E-state index in [0.717, 1.165) is 143 Å². The molecule has 402 valence electrons. The van der Waals surface area contributed by atoms with E-state index in [1.54, 1.807) is 0 Å². The van der Waals surface area contributed by atoms with Crippen molar-refractivity contribution in [2.75, 3.05) is 9.80 Å². The number of hydrogen-bond donors (Lipinski definition) is 0. The Kier molecular flexibility index (Phi) is 11.0. The maximum absolute atomic E-state index is 6.99. The lowest BCUT2D eigenvalue weighted by molar-refractivity contribution is 0.572. The predicted molar refractivity (Wildman–Crippen MR) is 346 cm³/mol. The van der Waals surface area contributed by atoms with E-state index in [2.05, 4.69) is 273 Å². The van der Waals surface area contributed by atoms with Crippen molar-refractivity contribution in [2.24, 2.45) is 0 Å². The van der Waals surface area contributed by atoms with Gasteiger partial charge in [-0.25, -0.2) is 0 Å². The smallest absolute Gasteiger partial charge is 0.159 e. The van der Waals surface area contributed by atoms with Crippen LogP contribution in [0.5, 0.6) is 0 Å². The third-order valence-corrected chi connectivity index (χ3v) is 17.2. The summed E-state index contributed by atoms with van der Waals surface area (Å²) in [6.07, 6.45) is 0. The number of rotatable bonds is 8. The monoisotopic (exact) mass is 1070 g/mol. The summed E-state index contributed by atoms with van der Waals surface area (Å²) in [5.74, 6) is 0.828. The van der Waals surface area contributed by atoms with Gasteiger partial charge in [-0.15, -0.1) is 0 Å². The summed E-state index contributed by atoms with van der Waals surface area (Å²) in [5, 5.41) is 13.0. The summed E-state index contributed by atoms with van der Waals surface area (Å²) in [5.41, 5.74) is 17.8. The van der Waals surface area contributed by atoms with Gasteiger partial charge in [0.25, 0.3) is 0 Å². The molecule has 0 unspecified atom stereocenters. The van der Waals surface area contributed by atoms with Crippen LogP contribution in [0.4, 0.5) is 34.1 Å². The third-order valence-electron chi connectivity index (χ3n) is 17.2. The molecular formula is C76H64N2O4. The molecule has 15 aromatic rings. The van der Waals surface area contributed by atoms with E-state index in [0.29, 0.717) is 11.8 Å². The van der Waals surface area contributed by atoms with Crippen LogP contribution in [0.25, 0.3) is 109 Å².